The van der Waals surface area contributed by atoms with Crippen molar-refractivity contribution in [1.82, 2.24) is 4.57 Å². The molecule has 5 heteroatoms. The molecule has 0 saturated heterocycles. The van der Waals surface area contributed by atoms with Gasteiger partial charge in [0.25, 0.3) is 0 Å². The highest BCUT2D eigenvalue weighted by Crippen LogP contribution is 2.45. The van der Waals surface area contributed by atoms with Gasteiger partial charge in [-0.2, -0.15) is 0 Å². The van der Waals surface area contributed by atoms with Gasteiger partial charge in [0.15, 0.2) is 11.7 Å². The van der Waals surface area contributed by atoms with Crippen molar-refractivity contribution < 1.29 is 0 Å². The van der Waals surface area contributed by atoms with Gasteiger partial charge in [0, 0.05) is 53.2 Å². The maximum Gasteiger partial charge on any atom is 0.160 e. The Balaban J connectivity index is 1.36. The van der Waals surface area contributed by atoms with Crippen LogP contribution in [0.2, 0.25) is 0 Å². The third-order valence-corrected chi connectivity index (χ3v) is 12.3. The van der Waals surface area contributed by atoms with Crippen molar-refractivity contribution in [3.05, 3.63) is 199 Å². The van der Waals surface area contributed by atoms with E-state index in [1.54, 1.807) is 6.08 Å². The molecule has 4 nitrogen and oxygen atoms in total. The van der Waals surface area contributed by atoms with E-state index in [2.05, 4.69) is 156 Å². The van der Waals surface area contributed by atoms with Crippen LogP contribution in [0.1, 0.15) is 18.1 Å². The number of para-hydroxylation sites is 1. The normalized spacial score (nSPS) is 13.0. The van der Waals surface area contributed by atoms with Gasteiger partial charge in [0.1, 0.15) is 0 Å². The molecule has 58 heavy (non-hydrogen) atoms. The molecular weight excluding hydrogens is 725 g/mol. The van der Waals surface area contributed by atoms with Crippen molar-refractivity contribution in [3.8, 4) is 5.69 Å². The molecule has 0 aliphatic heterocycles. The van der Waals surface area contributed by atoms with Crippen molar-refractivity contribution in [2.75, 3.05) is 0 Å². The zero-order valence-corrected chi connectivity index (χ0v) is 32.9. The van der Waals surface area contributed by atoms with Crippen LogP contribution in [0.4, 0.5) is 0 Å². The van der Waals surface area contributed by atoms with Crippen LogP contribution >= 0.6 is 11.3 Å². The number of benzene rings is 8. The van der Waals surface area contributed by atoms with Crippen LogP contribution in [0.25, 0.3) is 80.0 Å². The van der Waals surface area contributed by atoms with Gasteiger partial charge in [-0.3, -0.25) is 4.99 Å². The van der Waals surface area contributed by atoms with E-state index in [4.69, 9.17) is 9.98 Å². The van der Waals surface area contributed by atoms with Crippen LogP contribution in [-0.2, 0) is 6.54 Å². The molecule has 8 aromatic carbocycles. The van der Waals surface area contributed by atoms with E-state index in [-0.39, 0.29) is 0 Å². The molecule has 276 valence electrons. The first kappa shape index (κ1) is 35.2. The maximum absolute atomic E-state index is 5.36. The molecular formula is C53H38N4S. The molecule has 0 atom stereocenters. The second-order valence-corrected chi connectivity index (χ2v) is 15.4. The number of hydrogen-bond acceptors (Lipinski definition) is 2. The van der Waals surface area contributed by atoms with Crippen molar-refractivity contribution >= 4 is 104 Å². The number of rotatable bonds is 7. The fraction of sp³-hybridized carbons (Fsp3) is 0.0377. The average Bonchev–Trinajstić information content (AvgIpc) is 3.83. The first-order valence-electron chi connectivity index (χ1n) is 19.5. The summed E-state index contributed by atoms with van der Waals surface area (Å²) >= 11 is 1.87. The Morgan fingerprint density at radius 3 is 2.03 bits per heavy atom. The topological polar surface area (TPSA) is 42.0 Å². The predicted octanol–water partition coefficient (Wildman–Crippen LogP) is 14.3. The third-order valence-electron chi connectivity index (χ3n) is 11.1. The van der Waals surface area contributed by atoms with Crippen LogP contribution < -0.4 is 0 Å². The number of aliphatic imine (C=N–C) groups is 3. The molecule has 0 bridgehead atoms. The van der Waals surface area contributed by atoms with E-state index < -0.39 is 0 Å². The summed E-state index contributed by atoms with van der Waals surface area (Å²) in [6.45, 7) is 10.3. The Bertz CT molecular complexity index is 3410. The standard InChI is InChI=1S/C53H38N4S/c1-4-6-20-35(5-2)52(54-3)56-53(55-33-34-18-8-7-9-19-34)45-32-36(31-44-39-23-11-10-21-37(39)38-22-12-13-25-41(38)49(44)45)57-46-27-16-14-26-43(46)50-47(57)30-29-42-40-24-15-17-28-48(40)58-51(42)50/h4-32H,1,3,33H2,2H3/b20-6-,35-5+,55-53-,56-52-. The predicted molar refractivity (Wildman–Crippen MR) is 253 cm³/mol. The summed E-state index contributed by atoms with van der Waals surface area (Å²) in [5.41, 5.74) is 6.16. The van der Waals surface area contributed by atoms with Crippen molar-refractivity contribution in [2.45, 2.75) is 13.5 Å². The van der Waals surface area contributed by atoms with E-state index in [0.717, 1.165) is 49.6 Å². The van der Waals surface area contributed by atoms with Gasteiger partial charge in [-0.1, -0.05) is 152 Å². The zero-order valence-electron chi connectivity index (χ0n) is 32.1. The molecule has 2 aromatic heterocycles. The molecule has 0 aliphatic carbocycles. The third kappa shape index (κ3) is 5.78. The van der Waals surface area contributed by atoms with E-state index in [1.165, 1.54) is 47.1 Å². The summed E-state index contributed by atoms with van der Waals surface area (Å²) in [4.78, 5) is 15.2. The highest BCUT2D eigenvalue weighted by molar-refractivity contribution is 7.26. The Labute approximate surface area is 340 Å². The SMILES string of the molecule is C=C\C=C/C(=C\C)C(/N=C)=N/C(=N\Cc1ccccc1)c1cc(-n2c3ccccc3c3c4sc5ccccc5c4ccc32)cc2c3ccccc3c3ccccc3c12. The molecule has 0 amide bonds. The molecule has 0 unspecified atom stereocenters. The molecule has 0 fully saturated rings. The molecule has 0 aliphatic rings. The van der Waals surface area contributed by atoms with Crippen LogP contribution in [-0.4, -0.2) is 23.0 Å². The average molecular weight is 763 g/mol. The fourth-order valence-electron chi connectivity index (χ4n) is 8.53. The molecule has 10 rings (SSSR count). The summed E-state index contributed by atoms with van der Waals surface area (Å²) < 4.78 is 5.02. The van der Waals surface area contributed by atoms with Gasteiger partial charge < -0.3 is 4.57 Å². The van der Waals surface area contributed by atoms with Crippen LogP contribution in [0.15, 0.2) is 203 Å². The summed E-state index contributed by atoms with van der Waals surface area (Å²) in [6, 6.07) is 54.5. The van der Waals surface area contributed by atoms with Crippen LogP contribution in [0.5, 0.6) is 0 Å². The summed E-state index contributed by atoms with van der Waals surface area (Å²) in [6.07, 6.45) is 7.59. The minimum Gasteiger partial charge on any atom is -0.309 e. The number of thiophene rings is 1. The maximum atomic E-state index is 5.36. The van der Waals surface area contributed by atoms with Crippen LogP contribution in [0.3, 0.4) is 0 Å². The quantitative estimate of drug-likeness (QED) is 0.0672. The Hall–Kier alpha value is -7.21. The van der Waals surface area contributed by atoms with Gasteiger partial charge in [0.2, 0.25) is 0 Å². The largest absolute Gasteiger partial charge is 0.309 e. The number of amidine groups is 2. The van der Waals surface area contributed by atoms with Gasteiger partial charge >= 0.3 is 0 Å². The highest BCUT2D eigenvalue weighted by Gasteiger charge is 2.22. The van der Waals surface area contributed by atoms with Crippen LogP contribution in [0, 0.1) is 0 Å². The first-order valence-corrected chi connectivity index (χ1v) is 20.3. The first-order chi connectivity index (χ1) is 28.7. The molecule has 0 radical (unpaired) electrons. The Morgan fingerprint density at radius 2 is 1.29 bits per heavy atom. The number of nitrogens with zero attached hydrogens (tertiary/aromatic N) is 4. The molecule has 2 heterocycles. The number of allylic oxidation sites excluding steroid dienone is 3. The molecule has 0 N–H and O–H groups in total. The van der Waals surface area contributed by atoms with E-state index >= 15 is 0 Å². The van der Waals surface area contributed by atoms with E-state index in [1.807, 2.05) is 54.7 Å². The van der Waals surface area contributed by atoms with Crippen molar-refractivity contribution in [1.29, 1.82) is 0 Å². The smallest absolute Gasteiger partial charge is 0.160 e. The number of hydrogen-bond donors (Lipinski definition) is 0. The van der Waals surface area contributed by atoms with E-state index in [9.17, 15) is 0 Å². The summed E-state index contributed by atoms with van der Waals surface area (Å²) in [7, 11) is 0. The Kier molecular flexibility index (Phi) is 8.93. The van der Waals surface area contributed by atoms with Gasteiger partial charge in [-0.05, 0) is 76.5 Å². The second kappa shape index (κ2) is 14.7. The highest BCUT2D eigenvalue weighted by atomic mass is 32.1. The molecule has 0 spiro atoms. The molecule has 0 saturated carbocycles. The number of aromatic nitrogens is 1. The van der Waals surface area contributed by atoms with Gasteiger partial charge in [-0.15, -0.1) is 11.3 Å². The molecule has 10 aromatic rings. The lowest BCUT2D eigenvalue weighted by atomic mass is 9.90. The Morgan fingerprint density at radius 1 is 0.638 bits per heavy atom. The van der Waals surface area contributed by atoms with Gasteiger partial charge in [-0.25, -0.2) is 9.98 Å². The fourth-order valence-corrected chi connectivity index (χ4v) is 9.79. The zero-order chi connectivity index (χ0) is 39.2. The second-order valence-electron chi connectivity index (χ2n) is 14.4. The van der Waals surface area contributed by atoms with E-state index in [0.29, 0.717) is 18.2 Å². The minimum atomic E-state index is 0.439. The lowest BCUT2D eigenvalue weighted by Crippen LogP contribution is -2.08. The summed E-state index contributed by atoms with van der Waals surface area (Å²) in [5, 5.41) is 12.0. The monoisotopic (exact) mass is 762 g/mol. The summed E-state index contributed by atoms with van der Waals surface area (Å²) in [5.74, 6) is 1.07. The van der Waals surface area contributed by atoms with Gasteiger partial charge in [0.05, 0.1) is 17.6 Å². The van der Waals surface area contributed by atoms with Crippen molar-refractivity contribution in [2.24, 2.45) is 15.0 Å². The minimum absolute atomic E-state index is 0.439. The lowest BCUT2D eigenvalue weighted by Gasteiger charge is -2.18. The lowest BCUT2D eigenvalue weighted by molar-refractivity contribution is 1.06. The van der Waals surface area contributed by atoms with Crippen molar-refractivity contribution in [3.63, 3.8) is 0 Å². The number of fused-ring (bicyclic) bond motifs is 13.